The Morgan fingerprint density at radius 3 is 2.18 bits per heavy atom. The number of benzene rings is 2. The fraction of sp³-hybridized carbons (Fsp3) is 0.250. The van der Waals surface area contributed by atoms with Crippen molar-refractivity contribution < 1.29 is 0 Å². The van der Waals surface area contributed by atoms with Crippen LogP contribution in [0.1, 0.15) is 33.9 Å². The largest absolute Gasteiger partial charge is 0.320 e. The van der Waals surface area contributed by atoms with E-state index in [1.54, 1.807) is 0 Å². The van der Waals surface area contributed by atoms with Gasteiger partial charge in [-0.1, -0.05) is 48.0 Å². The molecule has 0 aliphatic heterocycles. The van der Waals surface area contributed by atoms with Gasteiger partial charge in [0.05, 0.1) is 6.04 Å². The summed E-state index contributed by atoms with van der Waals surface area (Å²) in [5.74, 6) is 0. The SMILES string of the molecule is Cc1cccc(C(N)c2ccc(C)c(C)c2)c1. The van der Waals surface area contributed by atoms with Gasteiger partial charge in [-0.2, -0.15) is 0 Å². The predicted molar refractivity (Wildman–Crippen MR) is 73.1 cm³/mol. The number of aryl methyl sites for hydroxylation is 3. The van der Waals surface area contributed by atoms with Crippen LogP contribution in [0.2, 0.25) is 0 Å². The van der Waals surface area contributed by atoms with Gasteiger partial charge < -0.3 is 5.73 Å². The monoisotopic (exact) mass is 225 g/mol. The van der Waals surface area contributed by atoms with Crippen molar-refractivity contribution in [1.29, 1.82) is 0 Å². The zero-order valence-corrected chi connectivity index (χ0v) is 10.7. The maximum Gasteiger partial charge on any atom is 0.0551 e. The first kappa shape index (κ1) is 11.9. The molecule has 1 unspecified atom stereocenters. The molecule has 0 radical (unpaired) electrons. The van der Waals surface area contributed by atoms with Crippen LogP contribution in [0, 0.1) is 20.8 Å². The Balaban J connectivity index is 2.36. The molecule has 17 heavy (non-hydrogen) atoms. The van der Waals surface area contributed by atoms with E-state index in [0.717, 1.165) is 0 Å². The normalized spacial score (nSPS) is 12.5. The minimum atomic E-state index is -0.0331. The summed E-state index contributed by atoms with van der Waals surface area (Å²) >= 11 is 0. The van der Waals surface area contributed by atoms with Gasteiger partial charge in [0.15, 0.2) is 0 Å². The number of hydrogen-bond donors (Lipinski definition) is 1. The van der Waals surface area contributed by atoms with Crippen LogP contribution in [0.4, 0.5) is 0 Å². The molecular weight excluding hydrogens is 206 g/mol. The molecule has 1 heteroatoms. The molecule has 0 bridgehead atoms. The van der Waals surface area contributed by atoms with Crippen molar-refractivity contribution in [3.63, 3.8) is 0 Å². The zero-order chi connectivity index (χ0) is 12.4. The maximum absolute atomic E-state index is 6.30. The summed E-state index contributed by atoms with van der Waals surface area (Å²) in [7, 11) is 0. The van der Waals surface area contributed by atoms with E-state index in [0.29, 0.717) is 0 Å². The van der Waals surface area contributed by atoms with Crippen molar-refractivity contribution in [2.45, 2.75) is 26.8 Å². The number of nitrogens with two attached hydrogens (primary N) is 1. The Kier molecular flexibility index (Phi) is 3.30. The quantitative estimate of drug-likeness (QED) is 0.829. The van der Waals surface area contributed by atoms with Gasteiger partial charge in [0.1, 0.15) is 0 Å². The average Bonchev–Trinajstić information content (AvgIpc) is 2.32. The van der Waals surface area contributed by atoms with Crippen LogP contribution in [-0.2, 0) is 0 Å². The number of hydrogen-bond acceptors (Lipinski definition) is 1. The molecule has 0 aliphatic carbocycles. The van der Waals surface area contributed by atoms with Crippen LogP contribution >= 0.6 is 0 Å². The summed E-state index contributed by atoms with van der Waals surface area (Å²) in [6, 6.07) is 14.8. The minimum absolute atomic E-state index is 0.0331. The van der Waals surface area contributed by atoms with E-state index in [1.165, 1.54) is 27.8 Å². The third-order valence-corrected chi connectivity index (χ3v) is 3.29. The third-order valence-electron chi connectivity index (χ3n) is 3.29. The van der Waals surface area contributed by atoms with Gasteiger partial charge in [0.25, 0.3) is 0 Å². The summed E-state index contributed by atoms with van der Waals surface area (Å²) in [5.41, 5.74) is 12.5. The third kappa shape index (κ3) is 2.56. The first-order valence-corrected chi connectivity index (χ1v) is 5.97. The Bertz CT molecular complexity index is 529. The fourth-order valence-corrected chi connectivity index (χ4v) is 2.01. The lowest BCUT2D eigenvalue weighted by atomic mass is 9.95. The van der Waals surface area contributed by atoms with Crippen LogP contribution in [0.25, 0.3) is 0 Å². The summed E-state index contributed by atoms with van der Waals surface area (Å²) in [4.78, 5) is 0. The van der Waals surface area contributed by atoms with Crippen molar-refractivity contribution >= 4 is 0 Å². The lowest BCUT2D eigenvalue weighted by Crippen LogP contribution is -2.12. The van der Waals surface area contributed by atoms with E-state index in [1.807, 2.05) is 0 Å². The smallest absolute Gasteiger partial charge is 0.0551 e. The van der Waals surface area contributed by atoms with E-state index >= 15 is 0 Å². The van der Waals surface area contributed by atoms with Crippen LogP contribution in [-0.4, -0.2) is 0 Å². The van der Waals surface area contributed by atoms with Gasteiger partial charge in [0.2, 0.25) is 0 Å². The Hall–Kier alpha value is -1.60. The van der Waals surface area contributed by atoms with E-state index in [4.69, 9.17) is 5.73 Å². The molecule has 0 amide bonds. The fourth-order valence-electron chi connectivity index (χ4n) is 2.01. The molecule has 1 atom stereocenters. The van der Waals surface area contributed by atoms with Crippen LogP contribution in [0.15, 0.2) is 42.5 Å². The van der Waals surface area contributed by atoms with Gasteiger partial charge in [-0.3, -0.25) is 0 Å². The zero-order valence-electron chi connectivity index (χ0n) is 10.7. The first-order chi connectivity index (χ1) is 8.08. The standard InChI is InChI=1S/C16H19N/c1-11-5-4-6-14(9-11)16(17)15-8-7-12(2)13(3)10-15/h4-10,16H,17H2,1-3H3. The Morgan fingerprint density at radius 1 is 0.824 bits per heavy atom. The second-order valence-corrected chi connectivity index (χ2v) is 4.74. The molecule has 88 valence electrons. The molecule has 1 nitrogen and oxygen atoms in total. The topological polar surface area (TPSA) is 26.0 Å². The molecule has 0 fully saturated rings. The molecule has 2 rings (SSSR count). The summed E-state index contributed by atoms with van der Waals surface area (Å²) in [5, 5.41) is 0. The highest BCUT2D eigenvalue weighted by atomic mass is 14.6. The molecule has 0 aliphatic rings. The second-order valence-electron chi connectivity index (χ2n) is 4.74. The van der Waals surface area contributed by atoms with E-state index in [2.05, 4.69) is 63.2 Å². The predicted octanol–water partition coefficient (Wildman–Crippen LogP) is 3.66. The molecule has 0 saturated carbocycles. The van der Waals surface area contributed by atoms with E-state index < -0.39 is 0 Å². The van der Waals surface area contributed by atoms with Crippen molar-refractivity contribution in [3.05, 3.63) is 70.3 Å². The highest BCUT2D eigenvalue weighted by Gasteiger charge is 2.09. The molecule has 0 saturated heterocycles. The van der Waals surface area contributed by atoms with E-state index in [-0.39, 0.29) is 6.04 Å². The lowest BCUT2D eigenvalue weighted by Gasteiger charge is -2.14. The first-order valence-electron chi connectivity index (χ1n) is 5.97. The lowest BCUT2D eigenvalue weighted by molar-refractivity contribution is 0.867. The van der Waals surface area contributed by atoms with Gasteiger partial charge in [-0.25, -0.2) is 0 Å². The minimum Gasteiger partial charge on any atom is -0.320 e. The highest BCUT2D eigenvalue weighted by molar-refractivity contribution is 5.37. The van der Waals surface area contributed by atoms with Crippen LogP contribution in [0.5, 0.6) is 0 Å². The molecule has 2 N–H and O–H groups in total. The molecular formula is C16H19N. The molecule has 2 aromatic rings. The van der Waals surface area contributed by atoms with Gasteiger partial charge in [0, 0.05) is 0 Å². The van der Waals surface area contributed by atoms with Crippen LogP contribution < -0.4 is 5.73 Å². The Labute approximate surface area is 103 Å². The highest BCUT2D eigenvalue weighted by Crippen LogP contribution is 2.22. The summed E-state index contributed by atoms with van der Waals surface area (Å²) in [6.45, 7) is 6.34. The van der Waals surface area contributed by atoms with Gasteiger partial charge in [-0.15, -0.1) is 0 Å². The Morgan fingerprint density at radius 2 is 1.53 bits per heavy atom. The van der Waals surface area contributed by atoms with Gasteiger partial charge in [-0.05, 0) is 43.0 Å². The van der Waals surface area contributed by atoms with E-state index in [9.17, 15) is 0 Å². The second kappa shape index (κ2) is 4.72. The van der Waals surface area contributed by atoms with Crippen molar-refractivity contribution in [2.75, 3.05) is 0 Å². The summed E-state index contributed by atoms with van der Waals surface area (Å²) < 4.78 is 0. The molecule has 2 aromatic carbocycles. The summed E-state index contributed by atoms with van der Waals surface area (Å²) in [6.07, 6.45) is 0. The number of rotatable bonds is 2. The molecule has 0 heterocycles. The molecule has 0 spiro atoms. The molecule has 0 aromatic heterocycles. The maximum atomic E-state index is 6.30. The van der Waals surface area contributed by atoms with Crippen molar-refractivity contribution in [3.8, 4) is 0 Å². The van der Waals surface area contributed by atoms with Gasteiger partial charge >= 0.3 is 0 Å². The van der Waals surface area contributed by atoms with Crippen molar-refractivity contribution in [2.24, 2.45) is 5.73 Å². The van der Waals surface area contributed by atoms with Crippen molar-refractivity contribution in [1.82, 2.24) is 0 Å². The average molecular weight is 225 g/mol. The van der Waals surface area contributed by atoms with Crippen LogP contribution in [0.3, 0.4) is 0 Å².